The van der Waals surface area contributed by atoms with Crippen molar-refractivity contribution in [3.05, 3.63) is 70.3 Å². The Morgan fingerprint density at radius 1 is 1.09 bits per heavy atom. The van der Waals surface area contributed by atoms with Crippen LogP contribution in [0, 0.1) is 6.92 Å². The number of carbonyl (C=O) groups excluding carboxylic acids is 1. The normalized spacial score (nSPS) is 17.0. The van der Waals surface area contributed by atoms with Gasteiger partial charge < -0.3 is 10.1 Å². The van der Waals surface area contributed by atoms with Crippen LogP contribution in [0.2, 0.25) is 0 Å². The van der Waals surface area contributed by atoms with Gasteiger partial charge in [-0.3, -0.25) is 0 Å². The zero-order valence-electron chi connectivity index (χ0n) is 12.3. The zero-order chi connectivity index (χ0) is 16.6. The molecule has 1 heterocycles. The molecule has 0 radical (unpaired) electrons. The van der Waals surface area contributed by atoms with Crippen molar-refractivity contribution in [3.8, 4) is 0 Å². The Labute approximate surface area is 131 Å². The van der Waals surface area contributed by atoms with Crippen molar-refractivity contribution >= 4 is 18.1 Å². The molecule has 0 fully saturated rings. The summed E-state index contributed by atoms with van der Waals surface area (Å²) in [7, 11) is 0. The van der Waals surface area contributed by atoms with E-state index in [1.165, 1.54) is 12.1 Å². The first-order chi connectivity index (χ1) is 10.9. The van der Waals surface area contributed by atoms with Crippen molar-refractivity contribution in [2.24, 2.45) is 0 Å². The van der Waals surface area contributed by atoms with Gasteiger partial charge in [-0.25, -0.2) is 0 Å². The van der Waals surface area contributed by atoms with E-state index < -0.39 is 17.8 Å². The molecule has 3 rings (SSSR count). The molecule has 0 saturated heterocycles. The third-order valence-corrected chi connectivity index (χ3v) is 3.88. The topological polar surface area (TPSA) is 29.1 Å². The van der Waals surface area contributed by atoms with Gasteiger partial charge in [-0.05, 0) is 35.8 Å². The summed E-state index contributed by atoms with van der Waals surface area (Å²) in [4.78, 5) is 11.3. The number of fused-ring (bicyclic) bond motifs is 1. The highest BCUT2D eigenvalue weighted by Gasteiger charge is 2.36. The summed E-state index contributed by atoms with van der Waals surface area (Å²) in [5.74, 6) is 0. The van der Waals surface area contributed by atoms with Crippen LogP contribution in [-0.4, -0.2) is 6.29 Å². The molecule has 0 amide bonds. The second-order valence-electron chi connectivity index (χ2n) is 5.49. The quantitative estimate of drug-likeness (QED) is 0.834. The van der Waals surface area contributed by atoms with Crippen molar-refractivity contribution in [2.75, 3.05) is 0 Å². The van der Waals surface area contributed by atoms with Gasteiger partial charge in [0.25, 0.3) is 0 Å². The molecule has 1 aliphatic rings. The van der Waals surface area contributed by atoms with E-state index in [-0.39, 0.29) is 5.56 Å². The molecule has 0 aliphatic carbocycles. The van der Waals surface area contributed by atoms with Gasteiger partial charge in [0.1, 0.15) is 12.3 Å². The van der Waals surface area contributed by atoms with E-state index in [0.29, 0.717) is 17.5 Å². The third-order valence-electron chi connectivity index (χ3n) is 3.88. The number of aryl methyl sites for hydroxylation is 1. The molecule has 23 heavy (non-hydrogen) atoms. The molecule has 118 valence electrons. The SMILES string of the molecule is Cc1ccc(C2=Cc3c(cccc3C(F)(F)F)C(C=O)N2)cc1. The molecular weight excluding hydrogens is 303 g/mol. The minimum atomic E-state index is -4.47. The van der Waals surface area contributed by atoms with Crippen LogP contribution in [0.5, 0.6) is 0 Å². The standard InChI is InChI=1S/C18H14F3NO/c1-11-5-7-12(8-6-11)16-9-14-13(17(10-23)22-16)3-2-4-15(14)18(19,20)21/h2-10,17,22H,1H3. The van der Waals surface area contributed by atoms with Gasteiger partial charge in [-0.2, -0.15) is 13.2 Å². The van der Waals surface area contributed by atoms with Gasteiger partial charge in [0.05, 0.1) is 5.56 Å². The van der Waals surface area contributed by atoms with Gasteiger partial charge in [-0.1, -0.05) is 42.0 Å². The summed E-state index contributed by atoms with van der Waals surface area (Å²) in [6, 6.07) is 10.5. The fourth-order valence-electron chi connectivity index (χ4n) is 2.70. The van der Waals surface area contributed by atoms with Gasteiger partial charge >= 0.3 is 6.18 Å². The number of aldehydes is 1. The maximum Gasteiger partial charge on any atom is 0.416 e. The first-order valence-corrected chi connectivity index (χ1v) is 7.11. The molecule has 2 nitrogen and oxygen atoms in total. The average Bonchev–Trinajstić information content (AvgIpc) is 2.53. The Bertz CT molecular complexity index is 776. The summed E-state index contributed by atoms with van der Waals surface area (Å²) in [6.07, 6.45) is -2.38. The van der Waals surface area contributed by atoms with E-state index in [0.717, 1.165) is 17.2 Å². The van der Waals surface area contributed by atoms with E-state index in [9.17, 15) is 18.0 Å². The predicted octanol–water partition coefficient (Wildman–Crippen LogP) is 4.36. The molecule has 1 atom stereocenters. The van der Waals surface area contributed by atoms with Gasteiger partial charge in [-0.15, -0.1) is 0 Å². The predicted molar refractivity (Wildman–Crippen MR) is 82.4 cm³/mol. The van der Waals surface area contributed by atoms with E-state index >= 15 is 0 Å². The van der Waals surface area contributed by atoms with Crippen molar-refractivity contribution in [3.63, 3.8) is 0 Å². The van der Waals surface area contributed by atoms with Crippen LogP contribution in [0.25, 0.3) is 11.8 Å². The van der Waals surface area contributed by atoms with Crippen LogP contribution in [0.1, 0.15) is 33.9 Å². The van der Waals surface area contributed by atoms with E-state index in [4.69, 9.17) is 0 Å². The summed E-state index contributed by atoms with van der Waals surface area (Å²) in [5, 5.41) is 3.00. The second kappa shape index (κ2) is 5.57. The number of benzene rings is 2. The lowest BCUT2D eigenvalue weighted by Crippen LogP contribution is -2.26. The Hall–Kier alpha value is -2.56. The molecule has 1 aliphatic heterocycles. The van der Waals surface area contributed by atoms with Crippen molar-refractivity contribution in [1.29, 1.82) is 0 Å². The fourth-order valence-corrected chi connectivity index (χ4v) is 2.70. The lowest BCUT2D eigenvalue weighted by Gasteiger charge is -2.27. The largest absolute Gasteiger partial charge is 0.416 e. The minimum absolute atomic E-state index is 0.0476. The second-order valence-corrected chi connectivity index (χ2v) is 5.49. The summed E-state index contributed by atoms with van der Waals surface area (Å²) < 4.78 is 39.8. The maximum atomic E-state index is 13.3. The van der Waals surface area contributed by atoms with Gasteiger partial charge in [0.2, 0.25) is 0 Å². The molecule has 2 aromatic rings. The summed E-state index contributed by atoms with van der Waals surface area (Å²) in [6.45, 7) is 1.93. The number of alkyl halides is 3. The molecule has 5 heteroatoms. The molecule has 0 bridgehead atoms. The fraction of sp³-hybridized carbons (Fsp3) is 0.167. The van der Waals surface area contributed by atoms with Crippen LogP contribution < -0.4 is 5.32 Å². The molecular formula is C18H14F3NO. The van der Waals surface area contributed by atoms with Gasteiger partial charge in [0.15, 0.2) is 0 Å². The van der Waals surface area contributed by atoms with Gasteiger partial charge in [0, 0.05) is 5.70 Å². The molecule has 0 saturated carbocycles. The van der Waals surface area contributed by atoms with Crippen LogP contribution in [0.15, 0.2) is 42.5 Å². The monoisotopic (exact) mass is 317 g/mol. The highest BCUT2D eigenvalue weighted by atomic mass is 19.4. The lowest BCUT2D eigenvalue weighted by molar-refractivity contribution is -0.137. The number of hydrogen-bond donors (Lipinski definition) is 1. The maximum absolute atomic E-state index is 13.3. The molecule has 0 aromatic heterocycles. The average molecular weight is 317 g/mol. The third kappa shape index (κ3) is 2.86. The number of hydrogen-bond acceptors (Lipinski definition) is 2. The van der Waals surface area contributed by atoms with Crippen molar-refractivity contribution in [2.45, 2.75) is 19.1 Å². The Morgan fingerprint density at radius 3 is 2.39 bits per heavy atom. The summed E-state index contributed by atoms with van der Waals surface area (Å²) in [5.41, 5.74) is 1.95. The van der Waals surface area contributed by atoms with Crippen LogP contribution >= 0.6 is 0 Å². The van der Waals surface area contributed by atoms with Crippen LogP contribution in [0.4, 0.5) is 13.2 Å². The number of carbonyl (C=O) groups is 1. The van der Waals surface area contributed by atoms with E-state index in [2.05, 4.69) is 5.32 Å². The number of nitrogens with one attached hydrogen (secondary N) is 1. The minimum Gasteiger partial charge on any atom is -0.371 e. The van der Waals surface area contributed by atoms with E-state index in [1.807, 2.05) is 31.2 Å². The smallest absolute Gasteiger partial charge is 0.371 e. The highest BCUT2D eigenvalue weighted by molar-refractivity contribution is 5.88. The zero-order valence-corrected chi connectivity index (χ0v) is 12.3. The molecule has 1 N–H and O–H groups in total. The Balaban J connectivity index is 2.18. The first-order valence-electron chi connectivity index (χ1n) is 7.11. The van der Waals surface area contributed by atoms with Crippen molar-refractivity contribution in [1.82, 2.24) is 5.32 Å². The Morgan fingerprint density at radius 2 is 1.78 bits per heavy atom. The van der Waals surface area contributed by atoms with E-state index in [1.54, 1.807) is 6.07 Å². The number of halogens is 3. The summed E-state index contributed by atoms with van der Waals surface area (Å²) >= 11 is 0. The first kappa shape index (κ1) is 15.3. The lowest BCUT2D eigenvalue weighted by atomic mass is 9.90. The van der Waals surface area contributed by atoms with Crippen molar-refractivity contribution < 1.29 is 18.0 Å². The Kier molecular flexibility index (Phi) is 3.72. The van der Waals surface area contributed by atoms with Crippen LogP contribution in [-0.2, 0) is 11.0 Å². The molecule has 1 unspecified atom stereocenters. The highest BCUT2D eigenvalue weighted by Crippen LogP contribution is 2.39. The molecule has 2 aromatic carbocycles. The van der Waals surface area contributed by atoms with Crippen LogP contribution in [0.3, 0.4) is 0 Å². The number of rotatable bonds is 2. The molecule has 0 spiro atoms.